The van der Waals surface area contributed by atoms with Crippen LogP contribution in [0.4, 0.5) is 4.79 Å². The van der Waals surface area contributed by atoms with Crippen LogP contribution in [0.5, 0.6) is 0 Å². The summed E-state index contributed by atoms with van der Waals surface area (Å²) in [7, 11) is 0. The number of aromatic amines is 1. The van der Waals surface area contributed by atoms with E-state index in [1.165, 1.54) is 27.8 Å². The van der Waals surface area contributed by atoms with Gasteiger partial charge in [-0.1, -0.05) is 6.07 Å². The lowest BCUT2D eigenvalue weighted by Gasteiger charge is -2.35. The van der Waals surface area contributed by atoms with Crippen molar-refractivity contribution in [3.8, 4) is 11.1 Å². The molecule has 3 aliphatic heterocycles. The average Bonchev–Trinajstić information content (AvgIpc) is 3.53. The first-order chi connectivity index (χ1) is 16.2. The topological polar surface area (TPSA) is 73.5 Å². The second-order valence-corrected chi connectivity index (χ2v) is 9.52. The number of urea groups is 1. The summed E-state index contributed by atoms with van der Waals surface area (Å²) in [4.78, 5) is 25.1. The van der Waals surface area contributed by atoms with Crippen LogP contribution in [0.15, 0.2) is 30.6 Å². The molecule has 1 aromatic carbocycles. The Morgan fingerprint density at radius 2 is 2.00 bits per heavy atom. The Morgan fingerprint density at radius 1 is 1.12 bits per heavy atom. The van der Waals surface area contributed by atoms with Gasteiger partial charge in [0.1, 0.15) is 5.65 Å². The molecule has 1 unspecified atom stereocenters. The van der Waals surface area contributed by atoms with Crippen LogP contribution in [0, 0.1) is 6.92 Å². The molecule has 7 nitrogen and oxygen atoms in total. The Labute approximate surface area is 194 Å². The number of benzene rings is 1. The van der Waals surface area contributed by atoms with Gasteiger partial charge in [-0.25, -0.2) is 9.78 Å². The molecule has 2 amide bonds. The van der Waals surface area contributed by atoms with Crippen LogP contribution in [-0.4, -0.2) is 65.2 Å². The predicted octanol–water partition coefficient (Wildman–Crippen LogP) is 3.77. The first-order valence-electron chi connectivity index (χ1n) is 12.1. The van der Waals surface area contributed by atoms with Crippen molar-refractivity contribution >= 4 is 17.1 Å². The molecule has 2 aromatic heterocycles. The van der Waals surface area contributed by atoms with Gasteiger partial charge in [-0.2, -0.15) is 0 Å². The Morgan fingerprint density at radius 3 is 2.82 bits per heavy atom. The van der Waals surface area contributed by atoms with Crippen LogP contribution >= 0.6 is 0 Å². The van der Waals surface area contributed by atoms with E-state index in [0.717, 1.165) is 68.6 Å². The van der Waals surface area contributed by atoms with E-state index in [1.807, 2.05) is 22.2 Å². The zero-order valence-corrected chi connectivity index (χ0v) is 19.2. The monoisotopic (exact) mass is 445 g/mol. The SMILES string of the molecule is Cc1c[nH]c2ncc(-c3cc4c(c(C5COCCN5)c3)CN(C(=O)N3CCCC3)CC4)cc12. The molecule has 6 rings (SSSR count). The number of hydrogen-bond acceptors (Lipinski definition) is 4. The van der Waals surface area contributed by atoms with Gasteiger partial charge in [0.2, 0.25) is 0 Å². The molecule has 1 atom stereocenters. The molecule has 3 aromatic rings. The number of aryl methyl sites for hydroxylation is 1. The maximum atomic E-state index is 13.1. The van der Waals surface area contributed by atoms with Crippen molar-refractivity contribution in [2.45, 2.75) is 38.8 Å². The molecule has 172 valence electrons. The van der Waals surface area contributed by atoms with Gasteiger partial charge in [0, 0.05) is 56.1 Å². The molecule has 0 spiro atoms. The molecule has 0 saturated carbocycles. The van der Waals surface area contributed by atoms with E-state index in [9.17, 15) is 4.79 Å². The van der Waals surface area contributed by atoms with Crippen molar-refractivity contribution in [3.63, 3.8) is 0 Å². The van der Waals surface area contributed by atoms with Crippen molar-refractivity contribution in [2.75, 3.05) is 39.4 Å². The second-order valence-electron chi connectivity index (χ2n) is 9.52. The summed E-state index contributed by atoms with van der Waals surface area (Å²) in [5.74, 6) is 0. The normalized spacial score (nSPS) is 20.9. The number of nitrogens with one attached hydrogen (secondary N) is 2. The molecule has 2 N–H and O–H groups in total. The maximum absolute atomic E-state index is 13.1. The highest BCUT2D eigenvalue weighted by molar-refractivity contribution is 5.84. The van der Waals surface area contributed by atoms with Gasteiger partial charge in [0.15, 0.2) is 0 Å². The Kier molecular flexibility index (Phi) is 5.31. The summed E-state index contributed by atoms with van der Waals surface area (Å²) in [5.41, 5.74) is 8.32. The van der Waals surface area contributed by atoms with Gasteiger partial charge in [-0.05, 0) is 66.1 Å². The third kappa shape index (κ3) is 3.79. The summed E-state index contributed by atoms with van der Waals surface area (Å²) in [5, 5.41) is 4.80. The molecule has 0 aliphatic carbocycles. The first-order valence-corrected chi connectivity index (χ1v) is 12.1. The molecule has 2 fully saturated rings. The van der Waals surface area contributed by atoms with Crippen LogP contribution < -0.4 is 5.32 Å². The predicted molar refractivity (Wildman–Crippen MR) is 128 cm³/mol. The Hall–Kier alpha value is -2.90. The standard InChI is InChI=1S/C26H31N5O2/c1-17-13-28-25-21(17)12-20(14-29-25)19-10-18-4-8-31(26(32)30-6-2-3-7-30)15-23(18)22(11-19)24-16-33-9-5-27-24/h10-14,24,27H,2-9,15-16H2,1H3,(H,28,29). The molecular formula is C26H31N5O2. The fourth-order valence-electron chi connectivity index (χ4n) is 5.50. The minimum Gasteiger partial charge on any atom is -0.378 e. The van der Waals surface area contributed by atoms with E-state index >= 15 is 0 Å². The number of carbonyl (C=O) groups is 1. The smallest absolute Gasteiger partial charge is 0.320 e. The Balaban J connectivity index is 1.39. The average molecular weight is 446 g/mol. The van der Waals surface area contributed by atoms with Gasteiger partial charge >= 0.3 is 6.03 Å². The zero-order valence-electron chi connectivity index (χ0n) is 19.2. The molecule has 33 heavy (non-hydrogen) atoms. The van der Waals surface area contributed by atoms with E-state index in [1.54, 1.807) is 0 Å². The summed E-state index contributed by atoms with van der Waals surface area (Å²) in [6, 6.07) is 7.17. The number of pyridine rings is 1. The fraction of sp³-hybridized carbons (Fsp3) is 0.462. The number of hydrogen-bond donors (Lipinski definition) is 2. The van der Waals surface area contributed by atoms with Crippen LogP contribution in [0.2, 0.25) is 0 Å². The molecule has 3 aliphatic rings. The van der Waals surface area contributed by atoms with Crippen molar-refractivity contribution in [1.29, 1.82) is 0 Å². The zero-order chi connectivity index (χ0) is 22.4. The highest BCUT2D eigenvalue weighted by atomic mass is 16.5. The summed E-state index contributed by atoms with van der Waals surface area (Å²) in [6.07, 6.45) is 7.08. The van der Waals surface area contributed by atoms with Crippen LogP contribution in [0.25, 0.3) is 22.2 Å². The number of H-pyrrole nitrogens is 1. The lowest BCUT2D eigenvalue weighted by molar-refractivity contribution is 0.0762. The minimum absolute atomic E-state index is 0.139. The van der Waals surface area contributed by atoms with Gasteiger partial charge in [0.25, 0.3) is 0 Å². The largest absolute Gasteiger partial charge is 0.378 e. The number of aromatic nitrogens is 2. The van der Waals surface area contributed by atoms with Crippen molar-refractivity contribution in [2.24, 2.45) is 0 Å². The Bertz CT molecular complexity index is 1190. The van der Waals surface area contributed by atoms with Crippen molar-refractivity contribution < 1.29 is 9.53 Å². The molecule has 5 heterocycles. The molecule has 2 saturated heterocycles. The van der Waals surface area contributed by atoms with Gasteiger partial charge < -0.3 is 24.8 Å². The van der Waals surface area contributed by atoms with Gasteiger partial charge in [-0.15, -0.1) is 0 Å². The fourth-order valence-corrected chi connectivity index (χ4v) is 5.50. The highest BCUT2D eigenvalue weighted by Gasteiger charge is 2.30. The first kappa shape index (κ1) is 20.7. The number of nitrogens with zero attached hydrogens (tertiary/aromatic N) is 3. The van der Waals surface area contributed by atoms with E-state index in [0.29, 0.717) is 13.2 Å². The van der Waals surface area contributed by atoms with Crippen molar-refractivity contribution in [3.05, 3.63) is 52.8 Å². The van der Waals surface area contributed by atoms with Crippen molar-refractivity contribution in [1.82, 2.24) is 25.1 Å². The van der Waals surface area contributed by atoms with Crippen LogP contribution in [-0.2, 0) is 17.7 Å². The number of likely N-dealkylation sites (tertiary alicyclic amines) is 1. The molecular weight excluding hydrogens is 414 g/mol. The second kappa shape index (κ2) is 8.47. The molecule has 0 radical (unpaired) electrons. The maximum Gasteiger partial charge on any atom is 0.320 e. The summed E-state index contributed by atoms with van der Waals surface area (Å²) >= 11 is 0. The van der Waals surface area contributed by atoms with Crippen LogP contribution in [0.3, 0.4) is 0 Å². The van der Waals surface area contributed by atoms with Gasteiger partial charge in [-0.3, -0.25) is 0 Å². The minimum atomic E-state index is 0.139. The van der Waals surface area contributed by atoms with E-state index in [4.69, 9.17) is 4.74 Å². The number of amides is 2. The van der Waals surface area contributed by atoms with E-state index in [-0.39, 0.29) is 12.1 Å². The van der Waals surface area contributed by atoms with E-state index < -0.39 is 0 Å². The van der Waals surface area contributed by atoms with Gasteiger partial charge in [0.05, 0.1) is 19.3 Å². The number of rotatable bonds is 2. The lowest BCUT2D eigenvalue weighted by Crippen LogP contribution is -2.45. The number of carbonyl (C=O) groups excluding carboxylic acids is 1. The van der Waals surface area contributed by atoms with E-state index in [2.05, 4.69) is 40.4 Å². The quantitative estimate of drug-likeness (QED) is 0.630. The third-order valence-corrected chi connectivity index (χ3v) is 7.39. The highest BCUT2D eigenvalue weighted by Crippen LogP contribution is 2.35. The number of fused-ring (bicyclic) bond motifs is 2. The third-order valence-electron chi connectivity index (χ3n) is 7.39. The summed E-state index contributed by atoms with van der Waals surface area (Å²) in [6.45, 7) is 7.57. The number of ether oxygens (including phenoxy) is 1. The lowest BCUT2D eigenvalue weighted by atomic mass is 9.87. The number of morpholine rings is 1. The summed E-state index contributed by atoms with van der Waals surface area (Å²) < 4.78 is 5.82. The molecule has 0 bridgehead atoms. The van der Waals surface area contributed by atoms with Crippen LogP contribution in [0.1, 0.15) is 41.1 Å². The molecule has 7 heteroatoms.